The molecule has 1 aliphatic heterocycles. The van der Waals surface area contributed by atoms with E-state index in [2.05, 4.69) is 0 Å². The highest BCUT2D eigenvalue weighted by molar-refractivity contribution is 6.42. The Bertz CT molecular complexity index is 753. The van der Waals surface area contributed by atoms with Crippen LogP contribution in [0.2, 0.25) is 10.0 Å². The average molecular weight is 386 g/mol. The van der Waals surface area contributed by atoms with Crippen LogP contribution in [0.5, 0.6) is 5.75 Å². The lowest BCUT2D eigenvalue weighted by atomic mass is 9.96. The molecule has 0 aliphatic carbocycles. The molecule has 3 rings (SSSR count). The maximum atomic E-state index is 14.4. The van der Waals surface area contributed by atoms with Crippen molar-refractivity contribution in [3.05, 3.63) is 63.4 Å². The molecule has 3 atom stereocenters. The normalized spacial score (nSPS) is 19.6. The fourth-order valence-corrected chi connectivity index (χ4v) is 3.02. The minimum atomic E-state index is -1.24. The van der Waals surface area contributed by atoms with E-state index in [0.29, 0.717) is 34.6 Å². The largest absolute Gasteiger partial charge is 0.488 e. The van der Waals surface area contributed by atoms with Crippen LogP contribution >= 0.6 is 23.2 Å². The van der Waals surface area contributed by atoms with E-state index in [9.17, 15) is 9.50 Å². The maximum Gasteiger partial charge on any atom is 0.132 e. The van der Waals surface area contributed by atoms with Gasteiger partial charge >= 0.3 is 0 Å². The Labute approximate surface area is 155 Å². The molecule has 2 aromatic carbocycles. The summed E-state index contributed by atoms with van der Waals surface area (Å²) < 4.78 is 25.3. The van der Waals surface area contributed by atoms with Crippen molar-refractivity contribution in [1.82, 2.24) is 0 Å². The van der Waals surface area contributed by atoms with Crippen molar-refractivity contribution < 1.29 is 19.0 Å². The minimum absolute atomic E-state index is 0.0753. The molecule has 3 N–H and O–H groups in total. The summed E-state index contributed by atoms with van der Waals surface area (Å²) in [6.45, 7) is 1.14. The number of hydrogen-bond donors (Lipinski definition) is 2. The number of nitrogens with two attached hydrogens (primary N) is 1. The Hall–Kier alpha value is -1.37. The van der Waals surface area contributed by atoms with Crippen molar-refractivity contribution in [1.29, 1.82) is 0 Å². The second-order valence-electron chi connectivity index (χ2n) is 5.93. The Balaban J connectivity index is 1.76. The van der Waals surface area contributed by atoms with Gasteiger partial charge in [0, 0.05) is 18.1 Å². The maximum absolute atomic E-state index is 14.4. The van der Waals surface area contributed by atoms with E-state index in [0.717, 1.165) is 6.42 Å². The first-order valence-corrected chi connectivity index (χ1v) is 8.63. The highest BCUT2D eigenvalue weighted by Gasteiger charge is 2.24. The van der Waals surface area contributed by atoms with Gasteiger partial charge in [0.2, 0.25) is 0 Å². The number of benzene rings is 2. The summed E-state index contributed by atoms with van der Waals surface area (Å²) in [5, 5.41) is 11.2. The van der Waals surface area contributed by atoms with Gasteiger partial charge in [-0.05, 0) is 29.8 Å². The van der Waals surface area contributed by atoms with Gasteiger partial charge in [-0.15, -0.1) is 0 Å². The lowest BCUT2D eigenvalue weighted by Crippen LogP contribution is -2.21. The standard InChI is InChI=1S/C18H18Cl2FNO3/c19-14-4-1-10(7-15(14)20)17(22)18(23)13-3-2-11(8-16(13)21)25-12-5-6-24-9-12/h1-4,7-8,12,17-18,23H,5-6,9,22H2/t12?,17-,18+/m1/s1. The van der Waals surface area contributed by atoms with Gasteiger partial charge in [-0.1, -0.05) is 29.3 Å². The smallest absolute Gasteiger partial charge is 0.132 e. The predicted octanol–water partition coefficient (Wildman–Crippen LogP) is 4.03. The van der Waals surface area contributed by atoms with Gasteiger partial charge in [-0.2, -0.15) is 0 Å². The summed E-state index contributed by atoms with van der Waals surface area (Å²) in [5.74, 6) is -0.188. The van der Waals surface area contributed by atoms with Crippen LogP contribution in [0.1, 0.15) is 29.7 Å². The third-order valence-electron chi connectivity index (χ3n) is 4.15. The highest BCUT2D eigenvalue weighted by atomic mass is 35.5. The molecule has 1 heterocycles. The third-order valence-corrected chi connectivity index (χ3v) is 4.89. The predicted molar refractivity (Wildman–Crippen MR) is 94.6 cm³/mol. The first kappa shape index (κ1) is 18.4. The quantitative estimate of drug-likeness (QED) is 0.815. The minimum Gasteiger partial charge on any atom is -0.488 e. The fraction of sp³-hybridized carbons (Fsp3) is 0.333. The zero-order valence-corrected chi connectivity index (χ0v) is 14.8. The van der Waals surface area contributed by atoms with E-state index in [4.69, 9.17) is 38.4 Å². The molecule has 1 aliphatic rings. The first-order chi connectivity index (χ1) is 12.0. The van der Waals surface area contributed by atoms with Gasteiger partial charge in [-0.25, -0.2) is 4.39 Å². The molecule has 1 fully saturated rings. The zero-order chi connectivity index (χ0) is 18.0. The van der Waals surface area contributed by atoms with Gasteiger partial charge in [0.25, 0.3) is 0 Å². The number of rotatable bonds is 5. The Morgan fingerprint density at radius 3 is 2.64 bits per heavy atom. The first-order valence-electron chi connectivity index (χ1n) is 7.88. The summed E-state index contributed by atoms with van der Waals surface area (Å²) in [6.07, 6.45) is -0.538. The number of aliphatic hydroxyl groups excluding tert-OH is 1. The van der Waals surface area contributed by atoms with Gasteiger partial charge in [0.15, 0.2) is 0 Å². The van der Waals surface area contributed by atoms with E-state index in [1.54, 1.807) is 24.3 Å². The summed E-state index contributed by atoms with van der Waals surface area (Å²) in [6, 6.07) is 8.29. The van der Waals surface area contributed by atoms with Crippen LogP contribution in [0.4, 0.5) is 4.39 Å². The molecular weight excluding hydrogens is 368 g/mol. The molecule has 0 amide bonds. The van der Waals surface area contributed by atoms with Crippen LogP contribution in [0.25, 0.3) is 0 Å². The second kappa shape index (κ2) is 7.89. The van der Waals surface area contributed by atoms with Crippen LogP contribution in [0.3, 0.4) is 0 Å². The van der Waals surface area contributed by atoms with Crippen LogP contribution in [-0.2, 0) is 4.74 Å². The van der Waals surface area contributed by atoms with E-state index in [1.165, 1.54) is 12.1 Å². The summed E-state index contributed by atoms with van der Waals surface area (Å²) in [7, 11) is 0. The van der Waals surface area contributed by atoms with Crippen LogP contribution < -0.4 is 10.5 Å². The average Bonchev–Trinajstić information content (AvgIpc) is 3.09. The number of aliphatic hydroxyl groups is 1. The van der Waals surface area contributed by atoms with Crippen molar-refractivity contribution >= 4 is 23.2 Å². The highest BCUT2D eigenvalue weighted by Crippen LogP contribution is 2.33. The van der Waals surface area contributed by atoms with Crippen molar-refractivity contribution in [2.24, 2.45) is 5.73 Å². The molecule has 0 radical (unpaired) electrons. The zero-order valence-electron chi connectivity index (χ0n) is 13.3. The molecule has 7 heteroatoms. The topological polar surface area (TPSA) is 64.7 Å². The van der Waals surface area contributed by atoms with Gasteiger partial charge in [-0.3, -0.25) is 0 Å². The van der Waals surface area contributed by atoms with E-state index >= 15 is 0 Å². The number of hydrogen-bond acceptors (Lipinski definition) is 4. The van der Waals surface area contributed by atoms with E-state index in [-0.39, 0.29) is 11.7 Å². The molecular formula is C18H18Cl2FNO3. The molecule has 2 aromatic rings. The fourth-order valence-electron chi connectivity index (χ4n) is 2.71. The van der Waals surface area contributed by atoms with Crippen LogP contribution in [0.15, 0.2) is 36.4 Å². The van der Waals surface area contributed by atoms with Crippen molar-refractivity contribution in [2.45, 2.75) is 24.7 Å². The molecule has 25 heavy (non-hydrogen) atoms. The third kappa shape index (κ3) is 4.25. The van der Waals surface area contributed by atoms with Gasteiger partial charge < -0.3 is 20.3 Å². The SMILES string of the molecule is N[C@H](c1ccc(Cl)c(Cl)c1)[C@@H](O)c1ccc(OC2CCOC2)cc1F. The monoisotopic (exact) mass is 385 g/mol. The molecule has 0 aromatic heterocycles. The molecule has 134 valence electrons. The van der Waals surface area contributed by atoms with Crippen molar-refractivity contribution in [2.75, 3.05) is 13.2 Å². The lowest BCUT2D eigenvalue weighted by Gasteiger charge is -2.21. The molecule has 0 spiro atoms. The molecule has 0 saturated carbocycles. The van der Waals surface area contributed by atoms with Crippen molar-refractivity contribution in [3.63, 3.8) is 0 Å². The summed E-state index contributed by atoms with van der Waals surface area (Å²) >= 11 is 11.8. The Morgan fingerprint density at radius 1 is 1.20 bits per heavy atom. The Morgan fingerprint density at radius 2 is 2.00 bits per heavy atom. The lowest BCUT2D eigenvalue weighted by molar-refractivity contribution is 0.138. The van der Waals surface area contributed by atoms with Crippen molar-refractivity contribution in [3.8, 4) is 5.75 Å². The summed E-state index contributed by atoms with van der Waals surface area (Å²) in [5.41, 5.74) is 6.71. The number of halogens is 3. The molecule has 1 unspecified atom stereocenters. The second-order valence-corrected chi connectivity index (χ2v) is 6.75. The van der Waals surface area contributed by atoms with Gasteiger partial charge in [0.1, 0.15) is 23.8 Å². The number of ether oxygens (including phenoxy) is 2. The molecule has 0 bridgehead atoms. The van der Waals surface area contributed by atoms with Gasteiger partial charge in [0.05, 0.1) is 29.3 Å². The van der Waals surface area contributed by atoms with E-state index in [1.807, 2.05) is 0 Å². The van der Waals surface area contributed by atoms with Crippen LogP contribution in [0, 0.1) is 5.82 Å². The van der Waals surface area contributed by atoms with E-state index < -0.39 is 18.0 Å². The van der Waals surface area contributed by atoms with Crippen LogP contribution in [-0.4, -0.2) is 24.4 Å². The molecule has 4 nitrogen and oxygen atoms in total. The summed E-state index contributed by atoms with van der Waals surface area (Å²) in [4.78, 5) is 0. The molecule has 1 saturated heterocycles. The Kier molecular flexibility index (Phi) is 5.81.